The van der Waals surface area contributed by atoms with E-state index in [0.717, 1.165) is 19.1 Å². The highest BCUT2D eigenvalue weighted by atomic mass is 32.2. The Hall–Kier alpha value is -0.130. The van der Waals surface area contributed by atoms with Gasteiger partial charge in [0.05, 0.1) is 12.9 Å². The molecular formula is C10H21NO3S. The van der Waals surface area contributed by atoms with E-state index in [1.165, 1.54) is 12.8 Å². The molecule has 1 aliphatic rings. The second kappa shape index (κ2) is 4.80. The molecule has 0 bridgehead atoms. The van der Waals surface area contributed by atoms with Crippen molar-refractivity contribution in [2.45, 2.75) is 51.1 Å². The van der Waals surface area contributed by atoms with Crippen LogP contribution in [0.3, 0.4) is 0 Å². The van der Waals surface area contributed by atoms with Gasteiger partial charge in [0.25, 0.3) is 10.1 Å². The van der Waals surface area contributed by atoms with Gasteiger partial charge in [0.15, 0.2) is 0 Å². The normalized spacial score (nSPS) is 25.7. The van der Waals surface area contributed by atoms with Crippen molar-refractivity contribution >= 4 is 10.1 Å². The monoisotopic (exact) mass is 235 g/mol. The maximum atomic E-state index is 10.7. The van der Waals surface area contributed by atoms with Crippen molar-refractivity contribution in [3.05, 3.63) is 0 Å². The van der Waals surface area contributed by atoms with Crippen LogP contribution in [0.4, 0.5) is 0 Å². The Morgan fingerprint density at radius 2 is 2.13 bits per heavy atom. The van der Waals surface area contributed by atoms with E-state index in [4.69, 9.17) is 0 Å². The minimum absolute atomic E-state index is 0.238. The van der Waals surface area contributed by atoms with Gasteiger partial charge in [-0.1, -0.05) is 0 Å². The second-order valence-corrected chi connectivity index (χ2v) is 6.58. The van der Waals surface area contributed by atoms with Crippen LogP contribution in [0.1, 0.15) is 39.5 Å². The quantitative estimate of drug-likeness (QED) is 0.576. The Balaban J connectivity index is 2.12. The molecule has 1 aliphatic heterocycles. The smallest absolute Gasteiger partial charge is 0.264 e. The van der Waals surface area contributed by atoms with Crippen molar-refractivity contribution in [2.75, 3.05) is 12.9 Å². The first kappa shape index (κ1) is 12.9. The van der Waals surface area contributed by atoms with E-state index in [1.807, 2.05) is 0 Å². The first-order chi connectivity index (χ1) is 6.79. The summed E-state index contributed by atoms with van der Waals surface area (Å²) in [6.07, 6.45) is 5.22. The van der Waals surface area contributed by atoms with Gasteiger partial charge in [-0.2, -0.15) is 8.42 Å². The maximum Gasteiger partial charge on any atom is 0.264 e. The highest BCUT2D eigenvalue weighted by Crippen LogP contribution is 2.24. The lowest BCUT2D eigenvalue weighted by Crippen LogP contribution is -2.37. The van der Waals surface area contributed by atoms with Crippen LogP contribution in [0, 0.1) is 0 Å². The molecular weight excluding hydrogens is 214 g/mol. The van der Waals surface area contributed by atoms with E-state index in [0.29, 0.717) is 12.6 Å². The highest BCUT2D eigenvalue weighted by molar-refractivity contribution is 7.85. The standard InChI is InChI=1S/C10H21NO3S/c1-10(2)7-6-9(11-10)5-4-8-14-15(3,12)13/h9,11H,4-8H2,1-3H3. The molecule has 0 amide bonds. The van der Waals surface area contributed by atoms with Gasteiger partial charge in [-0.15, -0.1) is 0 Å². The van der Waals surface area contributed by atoms with E-state index >= 15 is 0 Å². The van der Waals surface area contributed by atoms with Gasteiger partial charge in [-0.25, -0.2) is 0 Å². The van der Waals surface area contributed by atoms with E-state index in [9.17, 15) is 8.42 Å². The molecule has 1 fully saturated rings. The summed E-state index contributed by atoms with van der Waals surface area (Å²) in [6.45, 7) is 4.69. The van der Waals surface area contributed by atoms with Crippen molar-refractivity contribution in [1.82, 2.24) is 5.32 Å². The van der Waals surface area contributed by atoms with Crippen LogP contribution in [-0.2, 0) is 14.3 Å². The van der Waals surface area contributed by atoms with Gasteiger partial charge < -0.3 is 5.32 Å². The number of rotatable bonds is 5. The molecule has 0 aromatic carbocycles. The Morgan fingerprint density at radius 3 is 2.60 bits per heavy atom. The molecule has 1 unspecified atom stereocenters. The molecule has 1 saturated heterocycles. The third-order valence-corrected chi connectivity index (χ3v) is 3.30. The van der Waals surface area contributed by atoms with Crippen LogP contribution in [0.2, 0.25) is 0 Å². The Bertz CT molecular complexity index is 298. The van der Waals surface area contributed by atoms with Crippen molar-refractivity contribution in [1.29, 1.82) is 0 Å². The Labute approximate surface area is 92.5 Å². The van der Waals surface area contributed by atoms with Crippen LogP contribution in [0.15, 0.2) is 0 Å². The summed E-state index contributed by atoms with van der Waals surface area (Å²) in [6, 6.07) is 0.517. The fraction of sp³-hybridized carbons (Fsp3) is 1.00. The predicted molar refractivity (Wildman–Crippen MR) is 60.3 cm³/mol. The van der Waals surface area contributed by atoms with Crippen LogP contribution >= 0.6 is 0 Å². The third kappa shape index (κ3) is 5.49. The van der Waals surface area contributed by atoms with E-state index in [-0.39, 0.29) is 5.54 Å². The zero-order valence-electron chi connectivity index (χ0n) is 9.75. The van der Waals surface area contributed by atoms with Crippen LogP contribution < -0.4 is 5.32 Å². The first-order valence-electron chi connectivity index (χ1n) is 5.41. The predicted octanol–water partition coefficient (Wildman–Crippen LogP) is 1.27. The number of hydrogen-bond donors (Lipinski definition) is 1. The van der Waals surface area contributed by atoms with Gasteiger partial charge >= 0.3 is 0 Å². The summed E-state index contributed by atoms with van der Waals surface area (Å²) in [7, 11) is -3.26. The molecule has 0 aromatic rings. The largest absolute Gasteiger partial charge is 0.309 e. The van der Waals surface area contributed by atoms with Crippen LogP contribution in [-0.4, -0.2) is 32.9 Å². The van der Waals surface area contributed by atoms with E-state index in [2.05, 4.69) is 23.3 Å². The lowest BCUT2D eigenvalue weighted by Gasteiger charge is -2.19. The topological polar surface area (TPSA) is 55.4 Å². The lowest BCUT2D eigenvalue weighted by atomic mass is 10.0. The molecule has 0 aliphatic carbocycles. The fourth-order valence-corrected chi connectivity index (χ4v) is 2.41. The molecule has 1 rings (SSSR count). The Kier molecular flexibility index (Phi) is 4.14. The maximum absolute atomic E-state index is 10.7. The average molecular weight is 235 g/mol. The molecule has 0 radical (unpaired) electrons. The molecule has 4 nitrogen and oxygen atoms in total. The Morgan fingerprint density at radius 1 is 1.47 bits per heavy atom. The summed E-state index contributed by atoms with van der Waals surface area (Å²) in [5, 5.41) is 3.52. The van der Waals surface area contributed by atoms with E-state index < -0.39 is 10.1 Å². The zero-order chi connectivity index (χ0) is 11.5. The van der Waals surface area contributed by atoms with Gasteiger partial charge in [0.2, 0.25) is 0 Å². The van der Waals surface area contributed by atoms with Crippen LogP contribution in [0.5, 0.6) is 0 Å². The molecule has 1 atom stereocenters. The minimum atomic E-state index is -3.26. The summed E-state index contributed by atoms with van der Waals surface area (Å²) >= 11 is 0. The number of nitrogens with one attached hydrogen (secondary N) is 1. The molecule has 5 heteroatoms. The fourth-order valence-electron chi connectivity index (χ4n) is 1.99. The van der Waals surface area contributed by atoms with Crippen molar-refractivity contribution in [3.8, 4) is 0 Å². The molecule has 0 spiro atoms. The molecule has 15 heavy (non-hydrogen) atoms. The zero-order valence-corrected chi connectivity index (χ0v) is 10.6. The SMILES string of the molecule is CC1(C)CCC(CCCOS(C)(=O)=O)N1. The molecule has 1 N–H and O–H groups in total. The highest BCUT2D eigenvalue weighted by Gasteiger charge is 2.29. The lowest BCUT2D eigenvalue weighted by molar-refractivity contribution is 0.300. The molecule has 90 valence electrons. The van der Waals surface area contributed by atoms with Gasteiger partial charge in [0.1, 0.15) is 0 Å². The number of hydrogen-bond acceptors (Lipinski definition) is 4. The molecule has 0 saturated carbocycles. The minimum Gasteiger partial charge on any atom is -0.309 e. The molecule has 1 heterocycles. The first-order valence-corrected chi connectivity index (χ1v) is 7.22. The van der Waals surface area contributed by atoms with E-state index in [1.54, 1.807) is 0 Å². The summed E-state index contributed by atoms with van der Waals surface area (Å²) < 4.78 is 26.1. The van der Waals surface area contributed by atoms with Crippen molar-refractivity contribution in [3.63, 3.8) is 0 Å². The van der Waals surface area contributed by atoms with Gasteiger partial charge in [-0.05, 0) is 39.5 Å². The molecule has 0 aromatic heterocycles. The van der Waals surface area contributed by atoms with Crippen molar-refractivity contribution < 1.29 is 12.6 Å². The second-order valence-electron chi connectivity index (χ2n) is 4.93. The average Bonchev–Trinajstić information content (AvgIpc) is 2.38. The summed E-state index contributed by atoms with van der Waals surface area (Å²) in [5.74, 6) is 0. The summed E-state index contributed by atoms with van der Waals surface area (Å²) in [4.78, 5) is 0. The third-order valence-electron chi connectivity index (χ3n) is 2.71. The van der Waals surface area contributed by atoms with Crippen molar-refractivity contribution in [2.24, 2.45) is 0 Å². The van der Waals surface area contributed by atoms with Crippen LogP contribution in [0.25, 0.3) is 0 Å². The summed E-state index contributed by atoms with van der Waals surface area (Å²) in [5.41, 5.74) is 0.238. The van der Waals surface area contributed by atoms with Gasteiger partial charge in [0, 0.05) is 11.6 Å². The van der Waals surface area contributed by atoms with Gasteiger partial charge in [-0.3, -0.25) is 4.18 Å².